The predicted octanol–water partition coefficient (Wildman–Crippen LogP) is 4.31. The van der Waals surface area contributed by atoms with Crippen LogP contribution in [0.3, 0.4) is 0 Å². The van der Waals surface area contributed by atoms with Gasteiger partial charge in [-0.05, 0) is 80.2 Å². The van der Waals surface area contributed by atoms with Gasteiger partial charge in [0.25, 0.3) is 5.91 Å². The van der Waals surface area contributed by atoms with Gasteiger partial charge in [-0.3, -0.25) is 14.8 Å². The number of allylic oxidation sites excluding steroid dienone is 5. The number of carbonyl (C=O) groups is 1. The molecule has 3 aromatic rings. The molecule has 1 aromatic carbocycles. The molecule has 0 radical (unpaired) electrons. The van der Waals surface area contributed by atoms with E-state index in [4.69, 9.17) is 9.15 Å². The maximum absolute atomic E-state index is 12.0. The van der Waals surface area contributed by atoms with Crippen molar-refractivity contribution in [2.45, 2.75) is 39.2 Å². The first-order chi connectivity index (χ1) is 18.0. The van der Waals surface area contributed by atoms with Gasteiger partial charge in [0.15, 0.2) is 0 Å². The van der Waals surface area contributed by atoms with Gasteiger partial charge in [-0.2, -0.15) is 5.10 Å². The molecular weight excluding hydrogens is 468 g/mol. The Morgan fingerprint density at radius 2 is 2.05 bits per heavy atom. The second-order valence-electron chi connectivity index (χ2n) is 9.76. The summed E-state index contributed by atoms with van der Waals surface area (Å²) in [4.78, 5) is 16.1. The van der Waals surface area contributed by atoms with Gasteiger partial charge in [-0.1, -0.05) is 6.08 Å². The average Bonchev–Trinajstić information content (AvgIpc) is 3.57. The number of aliphatic hydroxyl groups is 1. The molecule has 2 N–H and O–H groups in total. The van der Waals surface area contributed by atoms with Gasteiger partial charge in [-0.15, -0.1) is 0 Å². The van der Waals surface area contributed by atoms with E-state index in [2.05, 4.69) is 40.2 Å². The Kier molecular flexibility index (Phi) is 7.58. The predicted molar refractivity (Wildman–Crippen MR) is 143 cm³/mol. The third kappa shape index (κ3) is 5.87. The zero-order valence-corrected chi connectivity index (χ0v) is 21.4. The number of aliphatic hydroxyl groups excluding tert-OH is 1. The first kappa shape index (κ1) is 25.0. The Morgan fingerprint density at radius 3 is 2.81 bits per heavy atom. The van der Waals surface area contributed by atoms with E-state index < -0.39 is 6.10 Å². The first-order valence-electron chi connectivity index (χ1n) is 12.9. The van der Waals surface area contributed by atoms with Crippen LogP contribution in [0.5, 0.6) is 5.75 Å². The van der Waals surface area contributed by atoms with Gasteiger partial charge in [0.1, 0.15) is 23.2 Å². The standard InChI is InChI=1S/C29H34N4O4/c1-20-4-3-5-22(26-10-12-30-31-26)6-9-27(20)37-24-7-8-25-23(19-36-28(25)18-24)11-13-32-14-16-33(17-15-32)29(35)21(2)34/h5-10,12,18-19,21,34H,3-4,11,13-17H2,1-2H3,(H,30,31). The van der Waals surface area contributed by atoms with Crippen LogP contribution in [-0.2, 0) is 11.2 Å². The molecule has 1 saturated heterocycles. The van der Waals surface area contributed by atoms with Crippen LogP contribution in [0.1, 0.15) is 37.9 Å². The summed E-state index contributed by atoms with van der Waals surface area (Å²) < 4.78 is 12.2. The van der Waals surface area contributed by atoms with Crippen LogP contribution in [0.25, 0.3) is 16.5 Å². The Labute approximate surface area is 216 Å². The number of hydrogen-bond acceptors (Lipinski definition) is 6. The molecule has 1 amide bonds. The van der Waals surface area contributed by atoms with Crippen molar-refractivity contribution in [1.82, 2.24) is 20.0 Å². The van der Waals surface area contributed by atoms with Crippen molar-refractivity contribution >= 4 is 22.4 Å². The van der Waals surface area contributed by atoms with E-state index in [1.54, 1.807) is 11.1 Å². The van der Waals surface area contributed by atoms with Crippen molar-refractivity contribution in [3.8, 4) is 5.75 Å². The zero-order valence-electron chi connectivity index (χ0n) is 21.4. The lowest BCUT2D eigenvalue weighted by Crippen LogP contribution is -2.51. The normalized spacial score (nSPS) is 18.0. The number of rotatable bonds is 7. The maximum Gasteiger partial charge on any atom is 0.251 e. The van der Waals surface area contributed by atoms with Crippen LogP contribution in [0.15, 0.2) is 70.7 Å². The number of furan rings is 1. The highest BCUT2D eigenvalue weighted by Crippen LogP contribution is 2.29. The molecule has 194 valence electrons. The number of amides is 1. The average molecular weight is 503 g/mol. The summed E-state index contributed by atoms with van der Waals surface area (Å²) in [5, 5.41) is 17.7. The first-order valence-corrected chi connectivity index (χ1v) is 12.9. The van der Waals surface area contributed by atoms with E-state index in [1.165, 1.54) is 18.1 Å². The van der Waals surface area contributed by atoms with Gasteiger partial charge in [0, 0.05) is 50.4 Å². The molecular formula is C29H34N4O4. The third-order valence-electron chi connectivity index (χ3n) is 7.12. The summed E-state index contributed by atoms with van der Waals surface area (Å²) in [5.74, 6) is 1.41. The Bertz CT molecular complexity index is 1330. The van der Waals surface area contributed by atoms with Crippen LogP contribution < -0.4 is 4.74 Å². The summed E-state index contributed by atoms with van der Waals surface area (Å²) >= 11 is 0. The second kappa shape index (κ2) is 11.2. The number of ether oxygens (including phenoxy) is 1. The fourth-order valence-electron chi connectivity index (χ4n) is 4.86. The molecule has 2 aliphatic rings. The lowest BCUT2D eigenvalue weighted by molar-refractivity contribution is -0.141. The minimum Gasteiger partial charge on any atom is -0.464 e. The quantitative estimate of drug-likeness (QED) is 0.500. The lowest BCUT2D eigenvalue weighted by atomic mass is 10.0. The van der Waals surface area contributed by atoms with Crippen LogP contribution in [0, 0.1) is 0 Å². The monoisotopic (exact) mass is 502 g/mol. The SMILES string of the molecule is CC1=C(Oc2ccc3c(CCN4CCN(C(=O)C(C)O)CC4)coc3c2)C=CC(c2ccn[nH]2)=CCC1. The van der Waals surface area contributed by atoms with Crippen LogP contribution >= 0.6 is 0 Å². The number of aromatic amines is 1. The van der Waals surface area contributed by atoms with E-state index in [1.807, 2.05) is 30.5 Å². The number of fused-ring (bicyclic) bond motifs is 1. The molecule has 8 heteroatoms. The number of piperazine rings is 1. The largest absolute Gasteiger partial charge is 0.464 e. The zero-order chi connectivity index (χ0) is 25.8. The van der Waals surface area contributed by atoms with Gasteiger partial charge in [-0.25, -0.2) is 0 Å². The number of nitrogens with one attached hydrogen (secondary N) is 1. The molecule has 1 fully saturated rings. The number of nitrogens with zero attached hydrogens (tertiary/aromatic N) is 3. The number of hydrogen-bond donors (Lipinski definition) is 2. The molecule has 1 atom stereocenters. The highest BCUT2D eigenvalue weighted by atomic mass is 16.5. The van der Waals surface area contributed by atoms with Crippen molar-refractivity contribution in [2.75, 3.05) is 32.7 Å². The van der Waals surface area contributed by atoms with E-state index >= 15 is 0 Å². The fraction of sp³-hybridized carbons (Fsp3) is 0.379. The maximum atomic E-state index is 12.0. The molecule has 37 heavy (non-hydrogen) atoms. The van der Waals surface area contributed by atoms with E-state index in [0.29, 0.717) is 13.1 Å². The van der Waals surface area contributed by atoms with Crippen molar-refractivity contribution in [1.29, 1.82) is 0 Å². The van der Waals surface area contributed by atoms with Crippen LogP contribution in [0.2, 0.25) is 0 Å². The van der Waals surface area contributed by atoms with Crippen molar-refractivity contribution in [2.24, 2.45) is 0 Å². The van der Waals surface area contributed by atoms with Crippen molar-refractivity contribution < 1.29 is 19.1 Å². The van der Waals surface area contributed by atoms with Crippen molar-refractivity contribution in [3.63, 3.8) is 0 Å². The van der Waals surface area contributed by atoms with Crippen LogP contribution in [-0.4, -0.2) is 69.8 Å². The summed E-state index contributed by atoms with van der Waals surface area (Å²) in [6, 6.07) is 8.00. The fourth-order valence-corrected chi connectivity index (χ4v) is 4.86. The Balaban J connectivity index is 1.21. The number of H-pyrrole nitrogens is 1. The van der Waals surface area contributed by atoms with E-state index in [9.17, 15) is 9.90 Å². The lowest BCUT2D eigenvalue weighted by Gasteiger charge is -2.35. The molecule has 0 bridgehead atoms. The molecule has 0 spiro atoms. The molecule has 1 unspecified atom stereocenters. The molecule has 0 saturated carbocycles. The molecule has 1 aliphatic heterocycles. The minimum absolute atomic E-state index is 0.186. The summed E-state index contributed by atoms with van der Waals surface area (Å²) in [6.07, 6.45) is 11.7. The van der Waals surface area contributed by atoms with E-state index in [-0.39, 0.29) is 5.91 Å². The van der Waals surface area contributed by atoms with Gasteiger partial charge >= 0.3 is 0 Å². The smallest absolute Gasteiger partial charge is 0.251 e. The molecule has 3 heterocycles. The second-order valence-corrected chi connectivity index (χ2v) is 9.76. The van der Waals surface area contributed by atoms with Gasteiger partial charge in [0.2, 0.25) is 0 Å². The van der Waals surface area contributed by atoms with Crippen LogP contribution in [0.4, 0.5) is 0 Å². The van der Waals surface area contributed by atoms with Gasteiger partial charge < -0.3 is 19.2 Å². The highest BCUT2D eigenvalue weighted by Gasteiger charge is 2.23. The van der Waals surface area contributed by atoms with Gasteiger partial charge in [0.05, 0.1) is 12.0 Å². The molecule has 2 aromatic heterocycles. The third-order valence-corrected chi connectivity index (χ3v) is 7.12. The highest BCUT2D eigenvalue weighted by molar-refractivity contribution is 5.82. The molecule has 1 aliphatic carbocycles. The Morgan fingerprint density at radius 1 is 1.22 bits per heavy atom. The minimum atomic E-state index is -0.933. The topological polar surface area (TPSA) is 94.8 Å². The van der Waals surface area contributed by atoms with E-state index in [0.717, 1.165) is 72.6 Å². The number of carbonyl (C=O) groups excluding carboxylic acids is 1. The van der Waals surface area contributed by atoms with Crippen molar-refractivity contribution in [3.05, 3.63) is 77.5 Å². The molecule has 5 rings (SSSR count). The Hall–Kier alpha value is -3.62. The summed E-state index contributed by atoms with van der Waals surface area (Å²) in [6.45, 7) is 7.46. The summed E-state index contributed by atoms with van der Waals surface area (Å²) in [5.41, 5.74) is 5.28. The molecule has 8 nitrogen and oxygen atoms in total. The number of aromatic nitrogens is 2. The summed E-state index contributed by atoms with van der Waals surface area (Å²) in [7, 11) is 0. The number of benzene rings is 1.